The third-order valence-electron chi connectivity index (χ3n) is 2.14. The van der Waals surface area contributed by atoms with E-state index in [4.69, 9.17) is 0 Å². The quantitative estimate of drug-likeness (QED) is 0.755. The summed E-state index contributed by atoms with van der Waals surface area (Å²) in [5, 5.41) is -0.199. The van der Waals surface area contributed by atoms with Crippen LogP contribution in [0.1, 0.15) is 5.56 Å². The van der Waals surface area contributed by atoms with Crippen LogP contribution < -0.4 is 0 Å². The fourth-order valence-electron chi connectivity index (χ4n) is 1.33. The molecular formula is C10H7Br2NO2S. The molecule has 0 N–H and O–H groups in total. The number of carbonyl (C=O) groups is 2. The third kappa shape index (κ3) is 2.49. The van der Waals surface area contributed by atoms with Gasteiger partial charge < -0.3 is 0 Å². The van der Waals surface area contributed by atoms with Crippen LogP contribution in [0.2, 0.25) is 0 Å². The summed E-state index contributed by atoms with van der Waals surface area (Å²) in [6, 6.07) is 7.55. The zero-order valence-corrected chi connectivity index (χ0v) is 12.0. The van der Waals surface area contributed by atoms with Crippen molar-refractivity contribution in [2.75, 3.05) is 0 Å². The number of rotatable bonds is 2. The van der Waals surface area contributed by atoms with Crippen molar-refractivity contribution in [2.24, 2.45) is 0 Å². The molecule has 0 spiro atoms. The lowest BCUT2D eigenvalue weighted by molar-refractivity contribution is -0.125. The Morgan fingerprint density at radius 1 is 1.25 bits per heavy atom. The van der Waals surface area contributed by atoms with Crippen LogP contribution in [0.3, 0.4) is 0 Å². The summed E-state index contributed by atoms with van der Waals surface area (Å²) < 4.78 is 0.540. The summed E-state index contributed by atoms with van der Waals surface area (Å²) in [6.07, 6.45) is 0. The van der Waals surface area contributed by atoms with Crippen LogP contribution in [0.25, 0.3) is 0 Å². The van der Waals surface area contributed by atoms with E-state index in [2.05, 4.69) is 31.9 Å². The van der Waals surface area contributed by atoms with Crippen LogP contribution in [0.15, 0.2) is 28.7 Å². The number of hydrogen-bond acceptors (Lipinski definition) is 3. The molecule has 0 bridgehead atoms. The number of halogens is 2. The Bertz CT molecular complexity index is 435. The predicted molar refractivity (Wildman–Crippen MR) is 70.4 cm³/mol. The molecule has 2 amide bonds. The maximum atomic E-state index is 11.6. The van der Waals surface area contributed by atoms with Crippen LogP contribution in [-0.4, -0.2) is 20.2 Å². The van der Waals surface area contributed by atoms with E-state index >= 15 is 0 Å². The van der Waals surface area contributed by atoms with E-state index in [-0.39, 0.29) is 11.1 Å². The van der Waals surface area contributed by atoms with E-state index in [1.807, 2.05) is 24.3 Å². The number of nitrogens with zero attached hydrogens (tertiary/aromatic N) is 1. The average Bonchev–Trinajstić information content (AvgIpc) is 2.48. The second-order valence-electron chi connectivity index (χ2n) is 3.25. The molecule has 1 fully saturated rings. The number of imide groups is 1. The lowest BCUT2D eigenvalue weighted by Gasteiger charge is -2.12. The summed E-state index contributed by atoms with van der Waals surface area (Å²) in [7, 11) is 0. The first-order valence-electron chi connectivity index (χ1n) is 4.48. The number of amides is 2. The molecule has 0 aromatic heterocycles. The van der Waals surface area contributed by atoms with E-state index in [0.29, 0.717) is 6.54 Å². The molecule has 1 aliphatic rings. The summed E-state index contributed by atoms with van der Waals surface area (Å²) in [4.78, 5) is 24.4. The molecule has 0 aliphatic carbocycles. The molecule has 1 saturated heterocycles. The van der Waals surface area contributed by atoms with Crippen LogP contribution in [0, 0.1) is 0 Å². The van der Waals surface area contributed by atoms with Gasteiger partial charge >= 0.3 is 0 Å². The highest BCUT2D eigenvalue weighted by Crippen LogP contribution is 2.32. The highest BCUT2D eigenvalue weighted by atomic mass is 79.9. The van der Waals surface area contributed by atoms with Gasteiger partial charge in [-0.1, -0.05) is 44.0 Å². The average molecular weight is 365 g/mol. The van der Waals surface area contributed by atoms with Gasteiger partial charge in [-0.2, -0.15) is 0 Å². The SMILES string of the molecule is O=C1S[C@@H](Br)C(=O)N1Cc1ccc(Br)cc1. The van der Waals surface area contributed by atoms with Gasteiger partial charge in [0.05, 0.1) is 6.54 Å². The van der Waals surface area contributed by atoms with Crippen molar-refractivity contribution in [3.63, 3.8) is 0 Å². The minimum absolute atomic E-state index is 0.182. The molecule has 3 nitrogen and oxygen atoms in total. The third-order valence-corrected chi connectivity index (χ3v) is 4.45. The molecule has 0 saturated carbocycles. The normalized spacial score (nSPS) is 20.6. The Hall–Kier alpha value is -0.330. The molecule has 6 heteroatoms. The minimum atomic E-state index is -0.435. The van der Waals surface area contributed by atoms with Gasteiger partial charge in [0.25, 0.3) is 11.1 Å². The standard InChI is InChI=1S/C10H7Br2NO2S/c11-7-3-1-6(2-4-7)5-13-9(14)8(12)16-10(13)15/h1-4,8H,5H2/t8-/m1/s1. The first-order valence-corrected chi connectivity index (χ1v) is 7.07. The van der Waals surface area contributed by atoms with Crippen molar-refractivity contribution < 1.29 is 9.59 Å². The zero-order valence-electron chi connectivity index (χ0n) is 8.02. The molecule has 16 heavy (non-hydrogen) atoms. The van der Waals surface area contributed by atoms with E-state index < -0.39 is 4.16 Å². The second kappa shape index (κ2) is 4.89. The molecule has 1 aromatic carbocycles. The Balaban J connectivity index is 2.13. The summed E-state index contributed by atoms with van der Waals surface area (Å²) in [6.45, 7) is 0.333. The molecule has 84 valence electrons. The Kier molecular flexibility index (Phi) is 3.71. The maximum absolute atomic E-state index is 11.6. The van der Waals surface area contributed by atoms with Gasteiger partial charge in [-0.25, -0.2) is 0 Å². The second-order valence-corrected chi connectivity index (χ2v) is 6.74. The Labute approximate surface area is 114 Å². The van der Waals surface area contributed by atoms with E-state index in [9.17, 15) is 9.59 Å². The topological polar surface area (TPSA) is 37.4 Å². The number of carbonyl (C=O) groups excluding carboxylic acids is 2. The molecule has 0 unspecified atom stereocenters. The van der Waals surface area contributed by atoms with Gasteiger partial charge in [0.1, 0.15) is 4.16 Å². The van der Waals surface area contributed by atoms with Gasteiger partial charge in [-0.05, 0) is 29.5 Å². The molecule has 1 atom stereocenters. The van der Waals surface area contributed by atoms with Crippen molar-refractivity contribution in [3.05, 3.63) is 34.3 Å². The Morgan fingerprint density at radius 2 is 1.88 bits per heavy atom. The van der Waals surface area contributed by atoms with Gasteiger partial charge in [0, 0.05) is 4.47 Å². The fourth-order valence-corrected chi connectivity index (χ4v) is 3.01. The minimum Gasteiger partial charge on any atom is -0.272 e. The van der Waals surface area contributed by atoms with Crippen molar-refractivity contribution in [1.82, 2.24) is 4.90 Å². The number of alkyl halides is 1. The number of hydrogen-bond donors (Lipinski definition) is 0. The molecule has 1 heterocycles. The summed E-state index contributed by atoms with van der Waals surface area (Å²) >= 11 is 7.49. The summed E-state index contributed by atoms with van der Waals surface area (Å²) in [5.74, 6) is -0.182. The van der Waals surface area contributed by atoms with Crippen molar-refractivity contribution in [3.8, 4) is 0 Å². The van der Waals surface area contributed by atoms with E-state index in [1.54, 1.807) is 0 Å². The van der Waals surface area contributed by atoms with Crippen LogP contribution >= 0.6 is 43.6 Å². The monoisotopic (exact) mass is 363 g/mol. The highest BCUT2D eigenvalue weighted by molar-refractivity contribution is 9.12. The highest BCUT2D eigenvalue weighted by Gasteiger charge is 2.37. The van der Waals surface area contributed by atoms with Gasteiger partial charge in [-0.3, -0.25) is 14.5 Å². The zero-order chi connectivity index (χ0) is 11.7. The molecule has 1 aromatic rings. The lowest BCUT2D eigenvalue weighted by atomic mass is 10.2. The smallest absolute Gasteiger partial charge is 0.272 e. The first kappa shape index (κ1) is 12.1. The molecule has 2 rings (SSSR count). The van der Waals surface area contributed by atoms with Crippen molar-refractivity contribution >= 4 is 54.8 Å². The van der Waals surface area contributed by atoms with Gasteiger partial charge in [-0.15, -0.1) is 0 Å². The molecule has 0 radical (unpaired) electrons. The Morgan fingerprint density at radius 3 is 2.38 bits per heavy atom. The van der Waals surface area contributed by atoms with Gasteiger partial charge in [0.2, 0.25) is 0 Å². The number of thioether (sulfide) groups is 1. The van der Waals surface area contributed by atoms with Crippen LogP contribution in [0.5, 0.6) is 0 Å². The largest absolute Gasteiger partial charge is 0.290 e. The van der Waals surface area contributed by atoms with Crippen molar-refractivity contribution in [2.45, 2.75) is 10.7 Å². The van der Waals surface area contributed by atoms with Crippen molar-refractivity contribution in [1.29, 1.82) is 0 Å². The van der Waals surface area contributed by atoms with E-state index in [1.165, 1.54) is 4.90 Å². The summed E-state index contributed by atoms with van der Waals surface area (Å²) in [5.41, 5.74) is 0.937. The lowest BCUT2D eigenvalue weighted by Crippen LogP contribution is -2.29. The molecular weight excluding hydrogens is 358 g/mol. The fraction of sp³-hybridized carbons (Fsp3) is 0.200. The molecule has 1 aliphatic heterocycles. The maximum Gasteiger partial charge on any atom is 0.290 e. The van der Waals surface area contributed by atoms with Crippen LogP contribution in [0.4, 0.5) is 4.79 Å². The predicted octanol–water partition coefficient (Wildman–Crippen LogP) is 3.37. The van der Waals surface area contributed by atoms with E-state index in [0.717, 1.165) is 21.8 Å². The first-order chi connectivity index (χ1) is 7.58. The van der Waals surface area contributed by atoms with Crippen LogP contribution in [-0.2, 0) is 11.3 Å². The number of benzene rings is 1. The van der Waals surface area contributed by atoms with Gasteiger partial charge in [0.15, 0.2) is 0 Å².